The Bertz CT molecular complexity index is 2460. The molecule has 0 spiro atoms. The van der Waals surface area contributed by atoms with E-state index in [0.29, 0.717) is 0 Å². The van der Waals surface area contributed by atoms with Crippen molar-refractivity contribution in [2.45, 2.75) is 0 Å². The molecule has 202 valence electrons. The van der Waals surface area contributed by atoms with Gasteiger partial charge in [0.05, 0.1) is 17.4 Å². The van der Waals surface area contributed by atoms with Gasteiger partial charge in [0.25, 0.3) is 0 Å². The Kier molecular flexibility index (Phi) is 5.37. The fraction of sp³-hybridized carbons (Fsp3) is 0. The molecule has 0 saturated heterocycles. The van der Waals surface area contributed by atoms with E-state index in [1.807, 2.05) is 41.8 Å². The van der Waals surface area contributed by atoms with Gasteiger partial charge in [-0.3, -0.25) is 4.98 Å². The molecule has 0 amide bonds. The largest absolute Gasteiger partial charge is 0.456 e. The number of benzene rings is 6. The third-order valence-corrected chi connectivity index (χ3v) is 9.45. The number of thiophene rings is 1. The molecule has 0 aliphatic rings. The number of pyridine rings is 1. The summed E-state index contributed by atoms with van der Waals surface area (Å²) in [6.07, 6.45) is 1.98. The zero-order valence-electron chi connectivity index (χ0n) is 23.1. The average Bonchev–Trinajstić information content (AvgIpc) is 3.64. The lowest BCUT2D eigenvalue weighted by molar-refractivity contribution is 0.669. The molecule has 3 heterocycles. The minimum Gasteiger partial charge on any atom is -0.456 e. The zero-order chi connectivity index (χ0) is 28.3. The van der Waals surface area contributed by atoms with Crippen molar-refractivity contribution in [2.75, 3.05) is 4.90 Å². The van der Waals surface area contributed by atoms with E-state index < -0.39 is 0 Å². The molecule has 0 fully saturated rings. The van der Waals surface area contributed by atoms with Gasteiger partial charge in [-0.15, -0.1) is 11.3 Å². The van der Waals surface area contributed by atoms with E-state index in [2.05, 4.69) is 120 Å². The Morgan fingerprint density at radius 2 is 1.19 bits per heavy atom. The molecular weight excluding hydrogens is 545 g/mol. The van der Waals surface area contributed by atoms with Crippen LogP contribution < -0.4 is 4.90 Å². The van der Waals surface area contributed by atoms with Crippen LogP contribution in [-0.4, -0.2) is 4.98 Å². The Morgan fingerprint density at radius 3 is 2.07 bits per heavy atom. The maximum absolute atomic E-state index is 6.23. The zero-order valence-corrected chi connectivity index (χ0v) is 23.9. The maximum atomic E-state index is 6.23. The van der Waals surface area contributed by atoms with E-state index in [9.17, 15) is 0 Å². The smallest absolute Gasteiger partial charge is 0.136 e. The molecule has 0 atom stereocenters. The summed E-state index contributed by atoms with van der Waals surface area (Å²) in [6, 6.07) is 49.3. The van der Waals surface area contributed by atoms with Crippen LogP contribution in [0, 0.1) is 0 Å². The number of nitrogens with zero attached hydrogens (tertiary/aromatic N) is 2. The predicted molar refractivity (Wildman–Crippen MR) is 182 cm³/mol. The van der Waals surface area contributed by atoms with Gasteiger partial charge < -0.3 is 9.32 Å². The third-order valence-electron chi connectivity index (χ3n) is 8.30. The lowest BCUT2D eigenvalue weighted by Gasteiger charge is -2.26. The van der Waals surface area contributed by atoms with Crippen LogP contribution >= 0.6 is 11.3 Å². The van der Waals surface area contributed by atoms with Crippen molar-refractivity contribution >= 4 is 81.4 Å². The fourth-order valence-corrected chi connectivity index (χ4v) is 7.35. The summed E-state index contributed by atoms with van der Waals surface area (Å²) in [5.74, 6) is 0. The molecule has 9 aromatic rings. The number of aromatic nitrogens is 1. The molecule has 0 N–H and O–H groups in total. The van der Waals surface area contributed by atoms with Crippen LogP contribution in [0.1, 0.15) is 0 Å². The molecule has 43 heavy (non-hydrogen) atoms. The average molecular weight is 569 g/mol. The lowest BCUT2D eigenvalue weighted by atomic mass is 10.0. The molecule has 9 rings (SSSR count). The monoisotopic (exact) mass is 568 g/mol. The first kappa shape index (κ1) is 24.2. The summed E-state index contributed by atoms with van der Waals surface area (Å²) in [6.45, 7) is 0. The predicted octanol–water partition coefficient (Wildman–Crippen LogP) is 11.6. The highest BCUT2D eigenvalue weighted by Crippen LogP contribution is 2.42. The molecule has 3 nitrogen and oxygen atoms in total. The SMILES string of the molecule is c1ccc(-c2ccc(N(c3ccc4sc5ccccc5c4c3)c3cnc4ccc5oc6ccccc6c5c4c3)cc2)cc1. The van der Waals surface area contributed by atoms with E-state index in [4.69, 9.17) is 9.40 Å². The fourth-order valence-electron chi connectivity index (χ4n) is 6.27. The van der Waals surface area contributed by atoms with Gasteiger partial charge in [-0.05, 0) is 71.8 Å². The van der Waals surface area contributed by atoms with Crippen LogP contribution in [0.4, 0.5) is 17.1 Å². The third kappa shape index (κ3) is 3.92. The van der Waals surface area contributed by atoms with Gasteiger partial charge in [0, 0.05) is 47.7 Å². The van der Waals surface area contributed by atoms with E-state index >= 15 is 0 Å². The number of anilines is 3. The van der Waals surface area contributed by atoms with Crippen molar-refractivity contribution < 1.29 is 4.42 Å². The summed E-state index contributed by atoms with van der Waals surface area (Å²) in [5.41, 5.74) is 8.26. The molecular formula is C39H24N2OS. The number of para-hydroxylation sites is 1. The van der Waals surface area contributed by atoms with Crippen molar-refractivity contribution in [3.05, 3.63) is 146 Å². The van der Waals surface area contributed by atoms with Crippen molar-refractivity contribution in [1.29, 1.82) is 0 Å². The standard InChI is InChI=1S/C39H24N2OS/c1-2-8-25(9-3-1)26-14-16-27(17-15-26)41(28-18-21-38-32(22-28)30-10-5-7-13-37(30)43-38)29-23-33-34(40-24-29)19-20-36-39(33)31-11-4-6-12-35(31)42-36/h1-24H. The molecule has 3 aromatic heterocycles. The van der Waals surface area contributed by atoms with Gasteiger partial charge in [-0.1, -0.05) is 78.9 Å². The first-order valence-corrected chi connectivity index (χ1v) is 15.2. The van der Waals surface area contributed by atoms with Crippen molar-refractivity contribution in [2.24, 2.45) is 0 Å². The molecule has 0 aliphatic heterocycles. The van der Waals surface area contributed by atoms with E-state index in [0.717, 1.165) is 49.9 Å². The molecule has 0 saturated carbocycles. The summed E-state index contributed by atoms with van der Waals surface area (Å²) >= 11 is 1.84. The van der Waals surface area contributed by atoms with Gasteiger partial charge in [0.15, 0.2) is 0 Å². The number of hydrogen-bond donors (Lipinski definition) is 0. The van der Waals surface area contributed by atoms with Crippen molar-refractivity contribution in [3.8, 4) is 11.1 Å². The highest BCUT2D eigenvalue weighted by atomic mass is 32.1. The number of rotatable bonds is 4. The Balaban J connectivity index is 1.28. The Morgan fingerprint density at radius 1 is 0.488 bits per heavy atom. The minimum atomic E-state index is 0.873. The van der Waals surface area contributed by atoms with Crippen LogP contribution in [0.15, 0.2) is 150 Å². The minimum absolute atomic E-state index is 0.873. The molecule has 4 heteroatoms. The van der Waals surface area contributed by atoms with Crippen LogP contribution in [0.2, 0.25) is 0 Å². The first-order valence-electron chi connectivity index (χ1n) is 14.4. The topological polar surface area (TPSA) is 29.3 Å². The summed E-state index contributed by atoms with van der Waals surface area (Å²) in [7, 11) is 0. The molecule has 6 aromatic carbocycles. The van der Waals surface area contributed by atoms with Crippen molar-refractivity contribution in [3.63, 3.8) is 0 Å². The van der Waals surface area contributed by atoms with Gasteiger partial charge >= 0.3 is 0 Å². The molecule has 0 radical (unpaired) electrons. The second-order valence-corrected chi connectivity index (χ2v) is 11.9. The van der Waals surface area contributed by atoms with Gasteiger partial charge in [-0.2, -0.15) is 0 Å². The highest BCUT2D eigenvalue weighted by Gasteiger charge is 2.18. The van der Waals surface area contributed by atoms with Gasteiger partial charge in [-0.25, -0.2) is 0 Å². The molecule has 0 aliphatic carbocycles. The van der Waals surface area contributed by atoms with Crippen LogP contribution in [-0.2, 0) is 0 Å². The summed E-state index contributed by atoms with van der Waals surface area (Å²) < 4.78 is 8.81. The summed E-state index contributed by atoms with van der Waals surface area (Å²) in [5, 5.41) is 5.83. The summed E-state index contributed by atoms with van der Waals surface area (Å²) in [4.78, 5) is 7.29. The first-order chi connectivity index (χ1) is 21.3. The number of furan rings is 1. The van der Waals surface area contributed by atoms with E-state index in [1.165, 1.54) is 31.3 Å². The van der Waals surface area contributed by atoms with E-state index in [-0.39, 0.29) is 0 Å². The quantitative estimate of drug-likeness (QED) is 0.211. The van der Waals surface area contributed by atoms with Gasteiger partial charge in [0.2, 0.25) is 0 Å². The van der Waals surface area contributed by atoms with E-state index in [1.54, 1.807) is 0 Å². The lowest BCUT2D eigenvalue weighted by Crippen LogP contribution is -2.10. The molecule has 0 bridgehead atoms. The van der Waals surface area contributed by atoms with Crippen molar-refractivity contribution in [1.82, 2.24) is 4.98 Å². The highest BCUT2D eigenvalue weighted by molar-refractivity contribution is 7.25. The Labute approximate surface area is 251 Å². The number of hydrogen-bond acceptors (Lipinski definition) is 4. The van der Waals surface area contributed by atoms with Gasteiger partial charge in [0.1, 0.15) is 11.2 Å². The number of fused-ring (bicyclic) bond motifs is 8. The van der Waals surface area contributed by atoms with Crippen LogP contribution in [0.3, 0.4) is 0 Å². The molecule has 0 unspecified atom stereocenters. The second kappa shape index (κ2) is 9.55. The Hall–Kier alpha value is -5.45. The second-order valence-electron chi connectivity index (χ2n) is 10.8. The van der Waals surface area contributed by atoms with Crippen LogP contribution in [0.5, 0.6) is 0 Å². The normalized spacial score (nSPS) is 11.7. The van der Waals surface area contributed by atoms with Crippen LogP contribution in [0.25, 0.3) is 64.1 Å². The maximum Gasteiger partial charge on any atom is 0.136 e.